The second-order valence-electron chi connectivity index (χ2n) is 4.53. The second-order valence-corrected chi connectivity index (χ2v) is 4.53. The second kappa shape index (κ2) is 4.77. The highest BCUT2D eigenvalue weighted by atomic mass is 16.5. The predicted octanol–water partition coefficient (Wildman–Crippen LogP) is 2.25. The summed E-state index contributed by atoms with van der Waals surface area (Å²) in [6, 6.07) is 12.3. The van der Waals surface area contributed by atoms with E-state index in [1.807, 2.05) is 18.2 Å². The van der Waals surface area contributed by atoms with Crippen LogP contribution in [0.2, 0.25) is 0 Å². The molecule has 1 aliphatic rings. The zero-order valence-corrected chi connectivity index (χ0v) is 10.9. The lowest BCUT2D eigenvalue weighted by molar-refractivity contribution is 0.0935. The van der Waals surface area contributed by atoms with Gasteiger partial charge >= 0.3 is 0 Å². The molecule has 20 heavy (non-hydrogen) atoms. The Morgan fingerprint density at radius 2 is 1.95 bits per heavy atom. The maximum atomic E-state index is 12.0. The molecule has 0 radical (unpaired) electrons. The molecule has 5 heteroatoms. The van der Waals surface area contributed by atoms with Gasteiger partial charge in [0.2, 0.25) is 0 Å². The monoisotopic (exact) mass is 270 g/mol. The molecule has 3 N–H and O–H groups in total. The number of benzene rings is 2. The molecule has 0 saturated heterocycles. The molecule has 0 bridgehead atoms. The van der Waals surface area contributed by atoms with Crippen LogP contribution in [-0.4, -0.2) is 18.1 Å². The molecule has 3 rings (SSSR count). The first-order valence-electron chi connectivity index (χ1n) is 6.22. The molecule has 0 saturated carbocycles. The van der Waals surface area contributed by atoms with Crippen LogP contribution in [0.1, 0.15) is 22.1 Å². The van der Waals surface area contributed by atoms with Crippen molar-refractivity contribution in [2.45, 2.75) is 6.17 Å². The first kappa shape index (κ1) is 12.3. The van der Waals surface area contributed by atoms with E-state index in [0.717, 1.165) is 11.3 Å². The summed E-state index contributed by atoms with van der Waals surface area (Å²) in [5, 5.41) is 15.9. The summed E-state index contributed by atoms with van der Waals surface area (Å²) in [6.45, 7) is 0. The van der Waals surface area contributed by atoms with Crippen LogP contribution in [0.5, 0.6) is 11.5 Å². The summed E-state index contributed by atoms with van der Waals surface area (Å²) in [5.41, 5.74) is 2.14. The van der Waals surface area contributed by atoms with Gasteiger partial charge in [0, 0.05) is 5.69 Å². The van der Waals surface area contributed by atoms with Crippen LogP contribution in [0.15, 0.2) is 42.5 Å². The Morgan fingerprint density at radius 1 is 1.15 bits per heavy atom. The third-order valence-electron chi connectivity index (χ3n) is 3.28. The predicted molar refractivity (Wildman–Crippen MR) is 74.9 cm³/mol. The van der Waals surface area contributed by atoms with Gasteiger partial charge in [-0.25, -0.2) is 0 Å². The fraction of sp³-hybridized carbons (Fsp3) is 0.133. The van der Waals surface area contributed by atoms with Gasteiger partial charge in [-0.2, -0.15) is 0 Å². The molecule has 1 heterocycles. The number of nitrogens with one attached hydrogen (secondary N) is 2. The van der Waals surface area contributed by atoms with E-state index in [1.165, 1.54) is 7.11 Å². The van der Waals surface area contributed by atoms with Gasteiger partial charge in [0.25, 0.3) is 5.91 Å². The highest BCUT2D eigenvalue weighted by Crippen LogP contribution is 2.31. The topological polar surface area (TPSA) is 70.6 Å². The number of phenols is 1. The van der Waals surface area contributed by atoms with E-state index < -0.39 is 0 Å². The van der Waals surface area contributed by atoms with E-state index in [9.17, 15) is 9.90 Å². The number of amides is 1. The Hall–Kier alpha value is -2.69. The summed E-state index contributed by atoms with van der Waals surface area (Å²) in [7, 11) is 1.49. The van der Waals surface area contributed by atoms with E-state index in [1.54, 1.807) is 24.3 Å². The zero-order valence-electron chi connectivity index (χ0n) is 10.9. The summed E-state index contributed by atoms with van der Waals surface area (Å²) in [4.78, 5) is 12.0. The first-order valence-corrected chi connectivity index (χ1v) is 6.22. The Kier molecular flexibility index (Phi) is 2.95. The fourth-order valence-corrected chi connectivity index (χ4v) is 2.26. The minimum absolute atomic E-state index is 0.0416. The summed E-state index contributed by atoms with van der Waals surface area (Å²) in [5.74, 6) is 0.302. The van der Waals surface area contributed by atoms with Crippen LogP contribution >= 0.6 is 0 Å². The Labute approximate surface area is 116 Å². The lowest BCUT2D eigenvalue weighted by atomic mass is 10.1. The van der Waals surface area contributed by atoms with Crippen molar-refractivity contribution < 1.29 is 14.6 Å². The molecule has 2 aromatic rings. The standard InChI is InChI=1S/C15H14N2O3/c1-20-13-7-6-9(8-12(13)18)14-16-11-5-3-2-4-10(11)15(19)17-14/h2-8,14,16,18H,1H3,(H,17,19)/t14-/m0/s1. The SMILES string of the molecule is COc1ccc([C@@H]2NC(=O)c3ccccc3N2)cc1O. The Balaban J connectivity index is 1.94. The molecule has 0 unspecified atom stereocenters. The van der Waals surface area contributed by atoms with Crippen molar-refractivity contribution in [2.24, 2.45) is 0 Å². The van der Waals surface area contributed by atoms with Crippen LogP contribution < -0.4 is 15.4 Å². The molecule has 0 spiro atoms. The number of ether oxygens (including phenoxy) is 1. The van der Waals surface area contributed by atoms with E-state index >= 15 is 0 Å². The molecule has 5 nitrogen and oxygen atoms in total. The van der Waals surface area contributed by atoms with Crippen molar-refractivity contribution in [3.8, 4) is 11.5 Å². The van der Waals surface area contributed by atoms with Gasteiger partial charge in [0.1, 0.15) is 6.17 Å². The van der Waals surface area contributed by atoms with Crippen molar-refractivity contribution >= 4 is 11.6 Å². The largest absolute Gasteiger partial charge is 0.504 e. The summed E-state index contributed by atoms with van der Waals surface area (Å²) >= 11 is 0. The summed E-state index contributed by atoms with van der Waals surface area (Å²) in [6.07, 6.45) is -0.380. The molecule has 1 aliphatic heterocycles. The lowest BCUT2D eigenvalue weighted by Crippen LogP contribution is -2.38. The number of hydrogen-bond acceptors (Lipinski definition) is 4. The van der Waals surface area contributed by atoms with Gasteiger partial charge in [0.15, 0.2) is 11.5 Å². The molecular weight excluding hydrogens is 256 g/mol. The van der Waals surface area contributed by atoms with Gasteiger partial charge in [0.05, 0.1) is 12.7 Å². The van der Waals surface area contributed by atoms with Crippen molar-refractivity contribution in [3.63, 3.8) is 0 Å². The average molecular weight is 270 g/mol. The number of aromatic hydroxyl groups is 1. The number of carbonyl (C=O) groups is 1. The Morgan fingerprint density at radius 3 is 2.70 bits per heavy atom. The minimum Gasteiger partial charge on any atom is -0.504 e. The number of hydrogen-bond donors (Lipinski definition) is 3. The molecule has 0 aromatic heterocycles. The molecule has 1 atom stereocenters. The van der Waals surface area contributed by atoms with Crippen molar-refractivity contribution in [1.82, 2.24) is 5.32 Å². The van der Waals surface area contributed by atoms with E-state index in [0.29, 0.717) is 11.3 Å². The van der Waals surface area contributed by atoms with Crippen LogP contribution in [0, 0.1) is 0 Å². The Bertz CT molecular complexity index is 670. The first-order chi connectivity index (χ1) is 9.69. The average Bonchev–Trinajstić information content (AvgIpc) is 2.47. The maximum Gasteiger partial charge on any atom is 0.255 e. The number of fused-ring (bicyclic) bond motifs is 1. The van der Waals surface area contributed by atoms with Gasteiger partial charge in [-0.05, 0) is 29.8 Å². The molecule has 102 valence electrons. The van der Waals surface area contributed by atoms with Crippen molar-refractivity contribution in [2.75, 3.05) is 12.4 Å². The van der Waals surface area contributed by atoms with Crippen LogP contribution in [0.4, 0.5) is 5.69 Å². The van der Waals surface area contributed by atoms with Crippen molar-refractivity contribution in [3.05, 3.63) is 53.6 Å². The highest BCUT2D eigenvalue weighted by molar-refractivity contribution is 6.01. The van der Waals surface area contributed by atoms with Crippen LogP contribution in [0.25, 0.3) is 0 Å². The molecule has 1 amide bonds. The minimum atomic E-state index is -0.380. The normalized spacial score (nSPS) is 16.9. The smallest absolute Gasteiger partial charge is 0.255 e. The highest BCUT2D eigenvalue weighted by Gasteiger charge is 2.24. The molecule has 0 aliphatic carbocycles. The third kappa shape index (κ3) is 2.03. The number of para-hydroxylation sites is 1. The van der Waals surface area contributed by atoms with Gasteiger partial charge in [-0.3, -0.25) is 4.79 Å². The van der Waals surface area contributed by atoms with Crippen molar-refractivity contribution in [1.29, 1.82) is 0 Å². The number of anilines is 1. The zero-order chi connectivity index (χ0) is 14.1. The lowest BCUT2D eigenvalue weighted by Gasteiger charge is -2.28. The van der Waals surface area contributed by atoms with E-state index in [-0.39, 0.29) is 17.8 Å². The van der Waals surface area contributed by atoms with E-state index in [4.69, 9.17) is 4.74 Å². The van der Waals surface area contributed by atoms with Gasteiger partial charge in [-0.1, -0.05) is 18.2 Å². The molecule has 2 aromatic carbocycles. The number of rotatable bonds is 2. The quantitative estimate of drug-likeness (QED) is 0.782. The fourth-order valence-electron chi connectivity index (χ4n) is 2.26. The number of carbonyl (C=O) groups excluding carboxylic acids is 1. The van der Waals surface area contributed by atoms with Crippen LogP contribution in [-0.2, 0) is 0 Å². The maximum absolute atomic E-state index is 12.0. The molecular formula is C15H14N2O3. The van der Waals surface area contributed by atoms with Gasteiger partial charge < -0.3 is 20.5 Å². The summed E-state index contributed by atoms with van der Waals surface area (Å²) < 4.78 is 5.01. The molecule has 0 fully saturated rings. The number of phenolic OH excluding ortho intramolecular Hbond substituents is 1. The number of methoxy groups -OCH3 is 1. The van der Waals surface area contributed by atoms with Crippen LogP contribution in [0.3, 0.4) is 0 Å². The third-order valence-corrected chi connectivity index (χ3v) is 3.28. The van der Waals surface area contributed by atoms with Gasteiger partial charge in [-0.15, -0.1) is 0 Å². The van der Waals surface area contributed by atoms with E-state index in [2.05, 4.69) is 10.6 Å².